The number of nitro groups is 1. The Morgan fingerprint density at radius 3 is 2.76 bits per heavy atom. The third-order valence-electron chi connectivity index (χ3n) is 2.39. The molecule has 0 fully saturated rings. The first-order valence-electron chi connectivity index (χ1n) is 5.20. The predicted octanol–water partition coefficient (Wildman–Crippen LogP) is 2.78. The molecule has 1 aromatic rings. The van der Waals surface area contributed by atoms with Gasteiger partial charge in [-0.1, -0.05) is 18.5 Å². The maximum atomic E-state index is 11.7. The zero-order valence-corrected chi connectivity index (χ0v) is 10.3. The molecule has 92 valence electrons. The highest BCUT2D eigenvalue weighted by Gasteiger charge is 2.16. The molecule has 0 saturated heterocycles. The van der Waals surface area contributed by atoms with E-state index in [0.717, 1.165) is 6.42 Å². The molecule has 5 nitrogen and oxygen atoms in total. The van der Waals surface area contributed by atoms with E-state index in [-0.39, 0.29) is 28.2 Å². The van der Waals surface area contributed by atoms with Gasteiger partial charge in [0.2, 0.25) is 0 Å². The van der Waals surface area contributed by atoms with Gasteiger partial charge in [-0.3, -0.25) is 14.9 Å². The van der Waals surface area contributed by atoms with Crippen molar-refractivity contribution < 1.29 is 9.72 Å². The third kappa shape index (κ3) is 3.42. The smallest absolute Gasteiger partial charge is 0.288 e. The van der Waals surface area contributed by atoms with E-state index >= 15 is 0 Å². The maximum absolute atomic E-state index is 11.7. The highest BCUT2D eigenvalue weighted by Crippen LogP contribution is 2.24. The molecule has 0 aromatic heterocycles. The second-order valence-electron chi connectivity index (χ2n) is 3.71. The van der Waals surface area contributed by atoms with Crippen LogP contribution in [0.1, 0.15) is 30.6 Å². The van der Waals surface area contributed by atoms with Crippen molar-refractivity contribution in [2.24, 2.45) is 0 Å². The van der Waals surface area contributed by atoms with Crippen molar-refractivity contribution in [2.45, 2.75) is 26.3 Å². The Labute approximate surface area is 104 Å². The SMILES string of the molecule is CC[C@@H](C)NC(=O)c1ccc(Cl)c([N+](=O)[O-])c1. The van der Waals surface area contributed by atoms with Crippen molar-refractivity contribution in [2.75, 3.05) is 0 Å². The molecule has 0 spiro atoms. The monoisotopic (exact) mass is 256 g/mol. The largest absolute Gasteiger partial charge is 0.350 e. The van der Waals surface area contributed by atoms with Crippen molar-refractivity contribution in [3.05, 3.63) is 38.9 Å². The average molecular weight is 257 g/mol. The molecule has 17 heavy (non-hydrogen) atoms. The molecule has 1 aromatic carbocycles. The topological polar surface area (TPSA) is 72.2 Å². The molecule has 0 heterocycles. The number of carbonyl (C=O) groups is 1. The van der Waals surface area contributed by atoms with Crippen molar-refractivity contribution in [1.29, 1.82) is 0 Å². The maximum Gasteiger partial charge on any atom is 0.288 e. The molecule has 0 aliphatic heterocycles. The van der Waals surface area contributed by atoms with Crippen LogP contribution in [-0.4, -0.2) is 16.9 Å². The predicted molar refractivity (Wildman–Crippen MR) is 65.3 cm³/mol. The highest BCUT2D eigenvalue weighted by molar-refractivity contribution is 6.32. The first kappa shape index (κ1) is 13.4. The van der Waals surface area contributed by atoms with Gasteiger partial charge in [-0.05, 0) is 25.5 Å². The molecule has 6 heteroatoms. The summed E-state index contributed by atoms with van der Waals surface area (Å²) in [5, 5.41) is 13.4. The van der Waals surface area contributed by atoms with Gasteiger partial charge >= 0.3 is 0 Å². The van der Waals surface area contributed by atoms with Crippen LogP contribution in [0.3, 0.4) is 0 Å². The summed E-state index contributed by atoms with van der Waals surface area (Å²) < 4.78 is 0. The van der Waals surface area contributed by atoms with Gasteiger partial charge in [0.25, 0.3) is 11.6 Å². The Kier molecular flexibility index (Phi) is 4.45. The zero-order valence-electron chi connectivity index (χ0n) is 9.57. The third-order valence-corrected chi connectivity index (χ3v) is 2.71. The lowest BCUT2D eigenvalue weighted by atomic mass is 10.1. The molecule has 0 aliphatic carbocycles. The summed E-state index contributed by atoms with van der Waals surface area (Å²) in [6.45, 7) is 3.80. The number of nitrogens with one attached hydrogen (secondary N) is 1. The van der Waals surface area contributed by atoms with Crippen LogP contribution in [-0.2, 0) is 0 Å². The van der Waals surface area contributed by atoms with Gasteiger partial charge in [0.1, 0.15) is 5.02 Å². The molecule has 1 atom stereocenters. The van der Waals surface area contributed by atoms with Crippen LogP contribution >= 0.6 is 11.6 Å². The first-order valence-corrected chi connectivity index (χ1v) is 5.58. The summed E-state index contributed by atoms with van der Waals surface area (Å²) >= 11 is 5.66. The number of halogens is 1. The number of hydrogen-bond acceptors (Lipinski definition) is 3. The Morgan fingerprint density at radius 2 is 2.24 bits per heavy atom. The fourth-order valence-corrected chi connectivity index (χ4v) is 1.39. The van der Waals surface area contributed by atoms with Crippen LogP contribution in [0.15, 0.2) is 18.2 Å². The van der Waals surface area contributed by atoms with Crippen LogP contribution in [0.2, 0.25) is 5.02 Å². The van der Waals surface area contributed by atoms with Crippen LogP contribution in [0.25, 0.3) is 0 Å². The van der Waals surface area contributed by atoms with E-state index < -0.39 is 4.92 Å². The van der Waals surface area contributed by atoms with Gasteiger partial charge in [0.15, 0.2) is 0 Å². The minimum absolute atomic E-state index is 0.0232. The Bertz CT molecular complexity index is 448. The van der Waals surface area contributed by atoms with Gasteiger partial charge in [-0.15, -0.1) is 0 Å². The lowest BCUT2D eigenvalue weighted by Gasteiger charge is -2.11. The molecule has 0 unspecified atom stereocenters. The number of hydrogen-bond donors (Lipinski definition) is 1. The average Bonchev–Trinajstić information content (AvgIpc) is 2.28. The van der Waals surface area contributed by atoms with Crippen LogP contribution in [0.5, 0.6) is 0 Å². The molecule has 0 aliphatic rings. The Balaban J connectivity index is 2.96. The standard InChI is InChI=1S/C11H13ClN2O3/c1-3-7(2)13-11(15)8-4-5-9(12)10(6-8)14(16)17/h4-7H,3H2,1-2H3,(H,13,15)/t7-/m1/s1. The van der Waals surface area contributed by atoms with E-state index in [0.29, 0.717) is 0 Å². The minimum atomic E-state index is -0.609. The first-order chi connectivity index (χ1) is 7.95. The second-order valence-corrected chi connectivity index (χ2v) is 4.11. The molecule has 1 amide bonds. The number of amides is 1. The Morgan fingerprint density at radius 1 is 1.59 bits per heavy atom. The van der Waals surface area contributed by atoms with E-state index in [1.807, 2.05) is 13.8 Å². The summed E-state index contributed by atoms with van der Waals surface area (Å²) in [5.74, 6) is -0.334. The van der Waals surface area contributed by atoms with Crippen LogP contribution < -0.4 is 5.32 Å². The summed E-state index contributed by atoms with van der Waals surface area (Å²) in [7, 11) is 0. The molecular weight excluding hydrogens is 244 g/mol. The molecule has 0 saturated carbocycles. The lowest BCUT2D eigenvalue weighted by molar-refractivity contribution is -0.384. The molecule has 0 bridgehead atoms. The van der Waals surface area contributed by atoms with Gasteiger partial charge in [0, 0.05) is 17.7 Å². The Hall–Kier alpha value is -1.62. The fraction of sp³-hybridized carbons (Fsp3) is 0.364. The van der Waals surface area contributed by atoms with Crippen molar-refractivity contribution >= 4 is 23.2 Å². The number of nitro benzene ring substituents is 1. The van der Waals surface area contributed by atoms with Crippen LogP contribution in [0.4, 0.5) is 5.69 Å². The van der Waals surface area contributed by atoms with E-state index in [9.17, 15) is 14.9 Å². The minimum Gasteiger partial charge on any atom is -0.350 e. The van der Waals surface area contributed by atoms with E-state index in [2.05, 4.69) is 5.32 Å². The zero-order chi connectivity index (χ0) is 13.0. The number of nitrogens with zero attached hydrogens (tertiary/aromatic N) is 1. The fourth-order valence-electron chi connectivity index (χ4n) is 1.20. The van der Waals surface area contributed by atoms with Gasteiger partial charge in [-0.2, -0.15) is 0 Å². The van der Waals surface area contributed by atoms with Crippen LogP contribution in [0, 0.1) is 10.1 Å². The normalized spacial score (nSPS) is 11.9. The van der Waals surface area contributed by atoms with Gasteiger partial charge in [0.05, 0.1) is 4.92 Å². The number of carbonyl (C=O) groups excluding carboxylic acids is 1. The number of rotatable bonds is 4. The van der Waals surface area contributed by atoms with Crippen molar-refractivity contribution in [3.63, 3.8) is 0 Å². The summed E-state index contributed by atoms with van der Waals surface area (Å²) in [6.07, 6.45) is 0.793. The van der Waals surface area contributed by atoms with E-state index in [4.69, 9.17) is 11.6 Å². The molecule has 0 radical (unpaired) electrons. The molecule has 1 rings (SSSR count). The highest BCUT2D eigenvalue weighted by atomic mass is 35.5. The number of benzene rings is 1. The van der Waals surface area contributed by atoms with E-state index in [1.165, 1.54) is 18.2 Å². The van der Waals surface area contributed by atoms with Crippen molar-refractivity contribution in [3.8, 4) is 0 Å². The summed E-state index contributed by atoms with van der Waals surface area (Å²) in [4.78, 5) is 21.8. The lowest BCUT2D eigenvalue weighted by Crippen LogP contribution is -2.31. The quantitative estimate of drug-likeness (QED) is 0.665. The van der Waals surface area contributed by atoms with Gasteiger partial charge in [-0.25, -0.2) is 0 Å². The molecule has 1 N–H and O–H groups in total. The summed E-state index contributed by atoms with van der Waals surface area (Å²) in [5.41, 5.74) is -0.0233. The summed E-state index contributed by atoms with van der Waals surface area (Å²) in [6, 6.07) is 4.02. The second kappa shape index (κ2) is 5.63. The van der Waals surface area contributed by atoms with Crippen molar-refractivity contribution in [1.82, 2.24) is 5.32 Å². The van der Waals surface area contributed by atoms with E-state index in [1.54, 1.807) is 0 Å². The van der Waals surface area contributed by atoms with Gasteiger partial charge < -0.3 is 5.32 Å². The molecular formula is C11H13ClN2O3.